The molecule has 0 spiro atoms. The van der Waals surface area contributed by atoms with Crippen LogP contribution in [0.15, 0.2) is 46.0 Å². The van der Waals surface area contributed by atoms with Gasteiger partial charge in [0.25, 0.3) is 0 Å². The van der Waals surface area contributed by atoms with Gasteiger partial charge < -0.3 is 5.32 Å². The first-order chi connectivity index (χ1) is 9.89. The zero-order chi connectivity index (χ0) is 15.5. The van der Waals surface area contributed by atoms with Crippen molar-refractivity contribution in [2.75, 3.05) is 19.4 Å². The highest BCUT2D eigenvalue weighted by Crippen LogP contribution is 2.17. The third-order valence-corrected chi connectivity index (χ3v) is 5.42. The molecule has 0 aliphatic heterocycles. The second kappa shape index (κ2) is 6.38. The Balaban J connectivity index is 2.04. The summed E-state index contributed by atoms with van der Waals surface area (Å²) in [5.74, 6) is -0.128. The fourth-order valence-electron chi connectivity index (χ4n) is 1.70. The molecule has 0 unspecified atom stereocenters. The molecule has 0 aliphatic rings. The topological polar surface area (TPSA) is 66.5 Å². The quantitative estimate of drug-likeness (QED) is 0.917. The molecule has 1 heterocycles. The van der Waals surface area contributed by atoms with Gasteiger partial charge in [-0.1, -0.05) is 0 Å². The van der Waals surface area contributed by atoms with E-state index in [0.29, 0.717) is 12.1 Å². The smallest absolute Gasteiger partial charge is 0.242 e. The summed E-state index contributed by atoms with van der Waals surface area (Å²) in [6.07, 6.45) is 0.307. The van der Waals surface area contributed by atoms with Gasteiger partial charge in [-0.25, -0.2) is 12.7 Å². The molecule has 0 bridgehead atoms. The highest BCUT2D eigenvalue weighted by Gasteiger charge is 2.16. The lowest BCUT2D eigenvalue weighted by Gasteiger charge is -2.12. The van der Waals surface area contributed by atoms with Crippen molar-refractivity contribution in [1.29, 1.82) is 0 Å². The van der Waals surface area contributed by atoms with Crippen LogP contribution < -0.4 is 5.32 Å². The molecule has 112 valence electrons. The molecule has 0 saturated carbocycles. The van der Waals surface area contributed by atoms with Crippen molar-refractivity contribution in [3.05, 3.63) is 46.7 Å². The molecule has 0 atom stereocenters. The Labute approximate surface area is 128 Å². The van der Waals surface area contributed by atoms with E-state index in [-0.39, 0.29) is 10.8 Å². The number of thiophene rings is 1. The zero-order valence-electron chi connectivity index (χ0n) is 11.7. The normalized spacial score (nSPS) is 11.6. The molecule has 0 fully saturated rings. The Kier molecular flexibility index (Phi) is 4.76. The van der Waals surface area contributed by atoms with Gasteiger partial charge in [0.15, 0.2) is 0 Å². The van der Waals surface area contributed by atoms with Crippen LogP contribution in [0.3, 0.4) is 0 Å². The van der Waals surface area contributed by atoms with E-state index in [9.17, 15) is 13.2 Å². The Morgan fingerprint density at radius 3 is 2.38 bits per heavy atom. The molecule has 5 nitrogen and oxygen atoms in total. The van der Waals surface area contributed by atoms with Crippen LogP contribution in [0.25, 0.3) is 0 Å². The van der Waals surface area contributed by atoms with Gasteiger partial charge in [0.2, 0.25) is 15.9 Å². The number of amides is 1. The van der Waals surface area contributed by atoms with Gasteiger partial charge in [-0.05, 0) is 46.7 Å². The first kappa shape index (κ1) is 15.7. The van der Waals surface area contributed by atoms with Gasteiger partial charge >= 0.3 is 0 Å². The van der Waals surface area contributed by atoms with Crippen LogP contribution in [0.5, 0.6) is 0 Å². The fourth-order valence-corrected chi connectivity index (χ4v) is 3.28. The third kappa shape index (κ3) is 3.90. The summed E-state index contributed by atoms with van der Waals surface area (Å²) in [5.41, 5.74) is 1.54. The molecule has 2 rings (SSSR count). The predicted octanol–water partition coefficient (Wildman–Crippen LogP) is 2.18. The molecule has 1 amide bonds. The van der Waals surface area contributed by atoms with Crippen molar-refractivity contribution in [3.8, 4) is 0 Å². The molecular weight excluding hydrogens is 308 g/mol. The van der Waals surface area contributed by atoms with Gasteiger partial charge in [0.05, 0.1) is 11.3 Å². The van der Waals surface area contributed by atoms with Crippen LogP contribution in [0.1, 0.15) is 5.56 Å². The minimum Gasteiger partial charge on any atom is -0.326 e. The summed E-state index contributed by atoms with van der Waals surface area (Å²) in [6, 6.07) is 8.03. The molecule has 0 aliphatic carbocycles. The van der Waals surface area contributed by atoms with Crippen LogP contribution in [0.2, 0.25) is 0 Å². The van der Waals surface area contributed by atoms with Crippen LogP contribution >= 0.6 is 11.3 Å². The Morgan fingerprint density at radius 2 is 1.86 bits per heavy atom. The van der Waals surface area contributed by atoms with Gasteiger partial charge in [-0.3, -0.25) is 4.79 Å². The fraction of sp³-hybridized carbons (Fsp3) is 0.214. The van der Waals surface area contributed by atoms with E-state index in [4.69, 9.17) is 0 Å². The first-order valence-electron chi connectivity index (χ1n) is 6.23. The lowest BCUT2D eigenvalue weighted by molar-refractivity contribution is -0.115. The summed E-state index contributed by atoms with van der Waals surface area (Å²) in [7, 11) is -0.485. The lowest BCUT2D eigenvalue weighted by atomic mass is 10.2. The van der Waals surface area contributed by atoms with Gasteiger partial charge in [0.1, 0.15) is 0 Å². The zero-order valence-corrected chi connectivity index (χ0v) is 13.4. The minimum absolute atomic E-state index is 0.128. The number of hydrogen-bond acceptors (Lipinski definition) is 4. The average Bonchev–Trinajstić information content (AvgIpc) is 2.91. The van der Waals surface area contributed by atoms with E-state index in [2.05, 4.69) is 5.32 Å². The molecule has 21 heavy (non-hydrogen) atoms. The van der Waals surface area contributed by atoms with Gasteiger partial charge in [0, 0.05) is 19.8 Å². The number of sulfonamides is 1. The van der Waals surface area contributed by atoms with E-state index in [1.807, 2.05) is 16.8 Å². The molecule has 1 aromatic heterocycles. The van der Waals surface area contributed by atoms with E-state index >= 15 is 0 Å². The monoisotopic (exact) mass is 324 g/mol. The summed E-state index contributed by atoms with van der Waals surface area (Å²) in [4.78, 5) is 12.0. The molecule has 0 saturated heterocycles. The Bertz CT molecular complexity index is 705. The van der Waals surface area contributed by atoms with Crippen molar-refractivity contribution in [2.45, 2.75) is 11.3 Å². The lowest BCUT2D eigenvalue weighted by Crippen LogP contribution is -2.22. The van der Waals surface area contributed by atoms with Gasteiger partial charge in [-0.15, -0.1) is 0 Å². The second-order valence-corrected chi connectivity index (χ2v) is 7.60. The number of hydrogen-bond donors (Lipinski definition) is 1. The average molecular weight is 324 g/mol. The Hall–Kier alpha value is -1.70. The number of rotatable bonds is 5. The maximum atomic E-state index is 11.9. The number of carbonyl (C=O) groups is 1. The van der Waals surface area contributed by atoms with Crippen molar-refractivity contribution in [3.63, 3.8) is 0 Å². The molecule has 2 aromatic rings. The van der Waals surface area contributed by atoms with Crippen molar-refractivity contribution >= 4 is 33.0 Å². The van der Waals surface area contributed by atoms with E-state index in [1.165, 1.54) is 26.2 Å². The van der Waals surface area contributed by atoms with Crippen molar-refractivity contribution in [1.82, 2.24) is 4.31 Å². The van der Waals surface area contributed by atoms with Crippen LogP contribution in [0, 0.1) is 0 Å². The summed E-state index contributed by atoms with van der Waals surface area (Å²) in [6.45, 7) is 0. The van der Waals surface area contributed by atoms with E-state index in [1.54, 1.807) is 23.5 Å². The number of nitrogens with one attached hydrogen (secondary N) is 1. The summed E-state index contributed by atoms with van der Waals surface area (Å²) < 4.78 is 25.0. The molecule has 1 N–H and O–H groups in total. The minimum atomic E-state index is -3.44. The van der Waals surface area contributed by atoms with Crippen molar-refractivity contribution < 1.29 is 13.2 Å². The third-order valence-electron chi connectivity index (χ3n) is 2.86. The summed E-state index contributed by atoms with van der Waals surface area (Å²) in [5, 5.41) is 6.59. The molecule has 0 radical (unpaired) electrons. The molecule has 7 heteroatoms. The maximum absolute atomic E-state index is 11.9. The predicted molar refractivity (Wildman–Crippen MR) is 84.0 cm³/mol. The summed E-state index contributed by atoms with van der Waals surface area (Å²) >= 11 is 1.54. The van der Waals surface area contributed by atoms with Gasteiger partial charge in [-0.2, -0.15) is 11.3 Å². The highest BCUT2D eigenvalue weighted by molar-refractivity contribution is 7.89. The number of anilines is 1. The number of benzene rings is 1. The Morgan fingerprint density at radius 1 is 1.19 bits per heavy atom. The highest BCUT2D eigenvalue weighted by atomic mass is 32.2. The molecular formula is C14H16N2O3S2. The van der Waals surface area contributed by atoms with Crippen LogP contribution in [-0.4, -0.2) is 32.7 Å². The maximum Gasteiger partial charge on any atom is 0.242 e. The van der Waals surface area contributed by atoms with Crippen molar-refractivity contribution in [2.24, 2.45) is 0 Å². The van der Waals surface area contributed by atoms with E-state index < -0.39 is 10.0 Å². The molecule has 1 aromatic carbocycles. The van der Waals surface area contributed by atoms with E-state index in [0.717, 1.165) is 9.87 Å². The SMILES string of the molecule is CN(C)S(=O)(=O)c1ccc(NC(=O)Cc2ccsc2)cc1. The standard InChI is InChI=1S/C14H16N2O3S2/c1-16(2)21(18,19)13-5-3-12(4-6-13)15-14(17)9-11-7-8-20-10-11/h3-8,10H,9H2,1-2H3,(H,15,17). The van der Waals surface area contributed by atoms with Crippen LogP contribution in [-0.2, 0) is 21.2 Å². The largest absolute Gasteiger partial charge is 0.326 e. The van der Waals surface area contributed by atoms with Crippen LogP contribution in [0.4, 0.5) is 5.69 Å². The first-order valence-corrected chi connectivity index (χ1v) is 8.61. The number of carbonyl (C=O) groups excluding carboxylic acids is 1. The second-order valence-electron chi connectivity index (χ2n) is 4.67. The number of nitrogens with zero attached hydrogens (tertiary/aromatic N) is 1.